The lowest BCUT2D eigenvalue weighted by Crippen LogP contribution is -2.36. The van der Waals surface area contributed by atoms with Crippen molar-refractivity contribution < 1.29 is 19.1 Å². The maximum atomic E-state index is 13.1. The molecule has 5 heteroatoms. The Bertz CT molecular complexity index is 932. The summed E-state index contributed by atoms with van der Waals surface area (Å²) in [6, 6.07) is 5.98. The predicted molar refractivity (Wildman–Crippen MR) is 134 cm³/mol. The normalized spacial score (nSPS) is 18.5. The number of hydrogen-bond donors (Lipinski definition) is 1. The van der Waals surface area contributed by atoms with E-state index >= 15 is 0 Å². The Morgan fingerprint density at radius 1 is 0.794 bits per heavy atom. The number of carbonyl (C=O) groups is 2. The Labute approximate surface area is 204 Å². The summed E-state index contributed by atoms with van der Waals surface area (Å²) in [5, 5.41) is 3.48. The molecule has 0 saturated heterocycles. The van der Waals surface area contributed by atoms with Crippen LogP contribution in [0.3, 0.4) is 0 Å². The van der Waals surface area contributed by atoms with E-state index in [1.807, 2.05) is 25.1 Å². The van der Waals surface area contributed by atoms with Gasteiger partial charge in [-0.15, -0.1) is 0 Å². The molecule has 0 atom stereocenters. The van der Waals surface area contributed by atoms with Crippen molar-refractivity contribution in [3.05, 3.63) is 46.3 Å². The fourth-order valence-electron chi connectivity index (χ4n) is 5.47. The van der Waals surface area contributed by atoms with Crippen molar-refractivity contribution in [2.24, 2.45) is 0 Å². The fourth-order valence-corrected chi connectivity index (χ4v) is 5.47. The number of rotatable bonds is 11. The number of Topliss-reactive ketones (excluding diaryl/α,β-unsaturated/α-hetero) is 2. The number of unbranched alkanes of at least 4 members (excludes halogenated alkanes) is 5. The summed E-state index contributed by atoms with van der Waals surface area (Å²) in [6.45, 7) is 5.39. The molecule has 5 nitrogen and oxygen atoms in total. The number of ketones is 2. The summed E-state index contributed by atoms with van der Waals surface area (Å²) in [4.78, 5) is 26.1. The number of allylic oxidation sites excluding steroid dienone is 4. The van der Waals surface area contributed by atoms with E-state index in [1.54, 1.807) is 0 Å². The average molecular weight is 466 g/mol. The van der Waals surface area contributed by atoms with Crippen molar-refractivity contribution in [2.75, 3.05) is 13.2 Å². The van der Waals surface area contributed by atoms with Crippen LogP contribution < -0.4 is 14.8 Å². The lowest BCUT2D eigenvalue weighted by molar-refractivity contribution is -0.116. The van der Waals surface area contributed by atoms with Gasteiger partial charge in [-0.2, -0.15) is 0 Å². The molecule has 1 aliphatic heterocycles. The second-order valence-electron chi connectivity index (χ2n) is 9.65. The molecule has 0 aromatic heterocycles. The van der Waals surface area contributed by atoms with Crippen LogP contribution in [-0.2, 0) is 9.59 Å². The van der Waals surface area contributed by atoms with Gasteiger partial charge < -0.3 is 14.8 Å². The molecule has 4 rings (SSSR count). The van der Waals surface area contributed by atoms with E-state index in [4.69, 9.17) is 9.47 Å². The number of carbonyl (C=O) groups excluding carboxylic acids is 2. The Morgan fingerprint density at radius 2 is 1.44 bits per heavy atom. The highest BCUT2D eigenvalue weighted by atomic mass is 16.5. The lowest BCUT2D eigenvalue weighted by atomic mass is 9.71. The minimum Gasteiger partial charge on any atom is -0.490 e. The van der Waals surface area contributed by atoms with Crippen molar-refractivity contribution in [1.82, 2.24) is 5.32 Å². The number of hydrogen-bond acceptors (Lipinski definition) is 5. The summed E-state index contributed by atoms with van der Waals surface area (Å²) in [6.07, 6.45) is 11.8. The summed E-state index contributed by atoms with van der Waals surface area (Å²) < 4.78 is 12.1. The van der Waals surface area contributed by atoms with Gasteiger partial charge in [0.25, 0.3) is 0 Å². The average Bonchev–Trinajstić information content (AvgIpc) is 2.83. The van der Waals surface area contributed by atoms with Crippen LogP contribution in [0, 0.1) is 0 Å². The number of nitrogens with one attached hydrogen (secondary N) is 1. The summed E-state index contributed by atoms with van der Waals surface area (Å²) in [7, 11) is 0. The van der Waals surface area contributed by atoms with Crippen LogP contribution in [0.4, 0.5) is 0 Å². The van der Waals surface area contributed by atoms with Gasteiger partial charge in [0, 0.05) is 41.3 Å². The Hall–Kier alpha value is -2.56. The third-order valence-electron chi connectivity index (χ3n) is 7.15. The van der Waals surface area contributed by atoms with Crippen molar-refractivity contribution >= 4 is 11.6 Å². The van der Waals surface area contributed by atoms with Crippen LogP contribution >= 0.6 is 0 Å². The largest absolute Gasteiger partial charge is 0.490 e. The molecule has 1 aromatic rings. The molecule has 1 heterocycles. The van der Waals surface area contributed by atoms with Crippen molar-refractivity contribution in [1.29, 1.82) is 0 Å². The summed E-state index contributed by atoms with van der Waals surface area (Å²) >= 11 is 0. The summed E-state index contributed by atoms with van der Waals surface area (Å²) in [5.74, 6) is 1.44. The van der Waals surface area contributed by atoms with Gasteiger partial charge >= 0.3 is 0 Å². The molecule has 0 fully saturated rings. The van der Waals surface area contributed by atoms with E-state index in [9.17, 15) is 9.59 Å². The second-order valence-corrected chi connectivity index (χ2v) is 9.65. The van der Waals surface area contributed by atoms with Gasteiger partial charge in [-0.25, -0.2) is 0 Å². The topological polar surface area (TPSA) is 64.6 Å². The van der Waals surface area contributed by atoms with Gasteiger partial charge in [-0.1, -0.05) is 45.1 Å². The van der Waals surface area contributed by atoms with Gasteiger partial charge in [0.2, 0.25) is 0 Å². The van der Waals surface area contributed by atoms with Crippen LogP contribution in [0.2, 0.25) is 0 Å². The molecule has 1 N–H and O–H groups in total. The zero-order valence-corrected chi connectivity index (χ0v) is 20.8. The molecule has 0 saturated carbocycles. The van der Waals surface area contributed by atoms with Gasteiger partial charge in [-0.3, -0.25) is 9.59 Å². The van der Waals surface area contributed by atoms with Crippen molar-refractivity contribution in [2.45, 2.75) is 96.8 Å². The first-order valence-corrected chi connectivity index (χ1v) is 13.3. The Balaban J connectivity index is 1.58. The molecule has 0 spiro atoms. The highest BCUT2D eigenvalue weighted by molar-refractivity contribution is 6.06. The number of benzene rings is 1. The minimum atomic E-state index is -0.307. The highest BCUT2D eigenvalue weighted by Gasteiger charge is 2.40. The molecule has 2 aliphatic carbocycles. The first-order chi connectivity index (χ1) is 16.6. The Morgan fingerprint density at radius 3 is 2.09 bits per heavy atom. The Kier molecular flexibility index (Phi) is 8.47. The van der Waals surface area contributed by atoms with Crippen LogP contribution in [0.25, 0.3) is 0 Å². The highest BCUT2D eigenvalue weighted by Crippen LogP contribution is 2.46. The maximum Gasteiger partial charge on any atom is 0.161 e. The smallest absolute Gasteiger partial charge is 0.161 e. The number of dihydropyridines is 1. The fraction of sp³-hybridized carbons (Fsp3) is 0.586. The second kappa shape index (κ2) is 11.7. The van der Waals surface area contributed by atoms with Crippen LogP contribution in [0.5, 0.6) is 11.5 Å². The molecule has 0 radical (unpaired) electrons. The monoisotopic (exact) mass is 465 g/mol. The third-order valence-corrected chi connectivity index (χ3v) is 7.15. The zero-order valence-electron chi connectivity index (χ0n) is 20.8. The first-order valence-electron chi connectivity index (χ1n) is 13.3. The molecule has 0 bridgehead atoms. The SMILES string of the molecule is CCCCCCCCOc1ccc(C2C3=C(CCCC3=O)NC3=C2C(=O)CCC3)cc1OCC. The maximum absolute atomic E-state index is 13.1. The van der Waals surface area contributed by atoms with Crippen molar-refractivity contribution in [3.63, 3.8) is 0 Å². The first kappa shape index (κ1) is 24.6. The van der Waals surface area contributed by atoms with E-state index in [1.165, 1.54) is 32.1 Å². The van der Waals surface area contributed by atoms with Gasteiger partial charge in [0.15, 0.2) is 23.1 Å². The van der Waals surface area contributed by atoms with Gasteiger partial charge in [-0.05, 0) is 56.7 Å². The quantitative estimate of drug-likeness (QED) is 0.377. The molecule has 3 aliphatic rings. The third kappa shape index (κ3) is 5.39. The van der Waals surface area contributed by atoms with Gasteiger partial charge in [0.05, 0.1) is 13.2 Å². The van der Waals surface area contributed by atoms with Crippen LogP contribution in [-0.4, -0.2) is 24.8 Å². The molecule has 0 amide bonds. The van der Waals surface area contributed by atoms with Crippen LogP contribution in [0.1, 0.15) is 102 Å². The standard InChI is InChI=1S/C29H39NO4/c1-3-5-6-7-8-9-18-34-25-17-16-20(19-26(25)33-4-2)27-28-21(12-10-14-23(28)31)30-22-13-11-15-24(32)29(22)27/h16-17,19,27,30H,3-15,18H2,1-2H3. The van der Waals surface area contributed by atoms with E-state index in [0.717, 1.165) is 66.0 Å². The molecular formula is C29H39NO4. The number of ether oxygens (including phenoxy) is 2. The predicted octanol–water partition coefficient (Wildman–Crippen LogP) is 6.53. The van der Waals surface area contributed by atoms with Crippen molar-refractivity contribution in [3.8, 4) is 11.5 Å². The lowest BCUT2D eigenvalue weighted by Gasteiger charge is -2.37. The minimum absolute atomic E-state index is 0.157. The molecule has 184 valence electrons. The zero-order chi connectivity index (χ0) is 23.9. The summed E-state index contributed by atoms with van der Waals surface area (Å²) in [5.41, 5.74) is 4.53. The van der Waals surface area contributed by atoms with E-state index in [-0.39, 0.29) is 17.5 Å². The molecule has 0 unspecified atom stereocenters. The van der Waals surface area contributed by atoms with E-state index in [2.05, 4.69) is 12.2 Å². The molecule has 34 heavy (non-hydrogen) atoms. The van der Waals surface area contributed by atoms with E-state index in [0.29, 0.717) is 31.8 Å². The van der Waals surface area contributed by atoms with Crippen LogP contribution in [0.15, 0.2) is 40.7 Å². The van der Waals surface area contributed by atoms with Gasteiger partial charge in [0.1, 0.15) is 0 Å². The van der Waals surface area contributed by atoms with E-state index < -0.39 is 0 Å². The molecular weight excluding hydrogens is 426 g/mol. The molecule has 1 aromatic carbocycles.